The van der Waals surface area contributed by atoms with Crippen LogP contribution in [0.4, 0.5) is 0 Å². The van der Waals surface area contributed by atoms with Gasteiger partial charge in [0.1, 0.15) is 12.4 Å². The molecule has 0 amide bonds. The van der Waals surface area contributed by atoms with Gasteiger partial charge in [0.15, 0.2) is 0 Å². The van der Waals surface area contributed by atoms with E-state index in [1.807, 2.05) is 19.1 Å². The minimum absolute atomic E-state index is 0.204. The van der Waals surface area contributed by atoms with E-state index in [-0.39, 0.29) is 17.2 Å². The van der Waals surface area contributed by atoms with Crippen molar-refractivity contribution in [3.8, 4) is 0 Å². The zero-order chi connectivity index (χ0) is 15.5. The van der Waals surface area contributed by atoms with E-state index in [2.05, 4.69) is 6.07 Å². The van der Waals surface area contributed by atoms with Crippen LogP contribution in [0.25, 0.3) is 0 Å². The van der Waals surface area contributed by atoms with E-state index in [9.17, 15) is 9.59 Å². The molecule has 0 aromatic heterocycles. The minimum atomic E-state index is -0.283. The number of aryl methyl sites for hydroxylation is 1. The van der Waals surface area contributed by atoms with Gasteiger partial charge in [-0.15, -0.1) is 0 Å². The smallest absolute Gasteiger partial charge is 0.305 e. The Morgan fingerprint density at radius 1 is 1.29 bits per heavy atom. The standard InChI is InChI=1S/C17H21ClO3/c1-3-16(20)21-11-17(6-4-15(19)5-7-17)13-8-12(2)9-14(18)10-13/h8-10H,3-7,11H2,1-2H3. The molecule has 0 bridgehead atoms. The topological polar surface area (TPSA) is 43.4 Å². The van der Waals surface area contributed by atoms with Crippen LogP contribution in [-0.4, -0.2) is 18.4 Å². The quantitative estimate of drug-likeness (QED) is 0.790. The Morgan fingerprint density at radius 3 is 2.52 bits per heavy atom. The average molecular weight is 309 g/mol. The van der Waals surface area contributed by atoms with Crippen molar-refractivity contribution in [2.75, 3.05) is 6.61 Å². The van der Waals surface area contributed by atoms with Gasteiger partial charge in [-0.3, -0.25) is 9.59 Å². The van der Waals surface area contributed by atoms with Gasteiger partial charge in [0.05, 0.1) is 0 Å². The maximum atomic E-state index is 11.6. The van der Waals surface area contributed by atoms with Gasteiger partial charge in [0.25, 0.3) is 0 Å². The number of carbonyl (C=O) groups is 2. The molecule has 0 unspecified atom stereocenters. The van der Waals surface area contributed by atoms with Gasteiger partial charge in [0, 0.05) is 29.7 Å². The summed E-state index contributed by atoms with van der Waals surface area (Å²) in [6.45, 7) is 4.10. The van der Waals surface area contributed by atoms with Crippen LogP contribution in [0.3, 0.4) is 0 Å². The highest BCUT2D eigenvalue weighted by Crippen LogP contribution is 2.40. The van der Waals surface area contributed by atoms with Crippen molar-refractivity contribution in [2.45, 2.75) is 51.4 Å². The Kier molecular flexibility index (Phi) is 5.04. The van der Waals surface area contributed by atoms with Gasteiger partial charge < -0.3 is 4.74 Å². The summed E-state index contributed by atoms with van der Waals surface area (Å²) in [7, 11) is 0. The van der Waals surface area contributed by atoms with Gasteiger partial charge >= 0.3 is 5.97 Å². The number of benzene rings is 1. The first-order valence-corrected chi connectivity index (χ1v) is 7.78. The first kappa shape index (κ1) is 16.0. The average Bonchev–Trinajstić information content (AvgIpc) is 2.45. The molecule has 0 radical (unpaired) electrons. The number of esters is 1. The van der Waals surface area contributed by atoms with E-state index in [1.165, 1.54) is 0 Å². The Hall–Kier alpha value is -1.35. The molecule has 114 valence electrons. The summed E-state index contributed by atoms with van der Waals surface area (Å²) in [6, 6.07) is 5.93. The molecule has 1 saturated carbocycles. The fourth-order valence-corrected chi connectivity index (χ4v) is 3.18. The van der Waals surface area contributed by atoms with Gasteiger partial charge in [-0.1, -0.05) is 24.6 Å². The second-order valence-corrected chi connectivity index (χ2v) is 6.29. The lowest BCUT2D eigenvalue weighted by molar-refractivity contribution is -0.145. The second kappa shape index (κ2) is 6.61. The molecule has 0 N–H and O–H groups in total. The molecule has 0 spiro atoms. The lowest BCUT2D eigenvalue weighted by Crippen LogP contribution is -2.37. The number of carbonyl (C=O) groups excluding carboxylic acids is 2. The second-order valence-electron chi connectivity index (χ2n) is 5.85. The highest BCUT2D eigenvalue weighted by atomic mass is 35.5. The molecular formula is C17H21ClO3. The predicted molar refractivity (Wildman–Crippen MR) is 82.6 cm³/mol. The van der Waals surface area contributed by atoms with Crippen LogP contribution in [0.1, 0.15) is 50.2 Å². The highest BCUT2D eigenvalue weighted by Gasteiger charge is 2.38. The molecule has 1 aromatic rings. The molecule has 1 aliphatic carbocycles. The zero-order valence-electron chi connectivity index (χ0n) is 12.6. The van der Waals surface area contributed by atoms with E-state index in [0.29, 0.717) is 43.7 Å². The summed E-state index contributed by atoms with van der Waals surface area (Å²) in [5, 5.41) is 0.683. The molecule has 0 saturated heterocycles. The Bertz CT molecular complexity index is 521. The first-order chi connectivity index (χ1) is 9.95. The molecule has 21 heavy (non-hydrogen) atoms. The third-order valence-electron chi connectivity index (χ3n) is 4.22. The van der Waals surface area contributed by atoms with Crippen molar-refractivity contribution >= 4 is 23.4 Å². The number of hydrogen-bond donors (Lipinski definition) is 0. The predicted octanol–water partition coefficient (Wildman–Crippen LogP) is 3.98. The van der Waals surface area contributed by atoms with E-state index >= 15 is 0 Å². The first-order valence-electron chi connectivity index (χ1n) is 7.40. The highest BCUT2D eigenvalue weighted by molar-refractivity contribution is 6.30. The number of hydrogen-bond acceptors (Lipinski definition) is 3. The number of Topliss-reactive ketones (excluding diaryl/α,β-unsaturated/α-hetero) is 1. The molecule has 1 fully saturated rings. The molecule has 2 rings (SSSR count). The van der Waals surface area contributed by atoms with E-state index in [0.717, 1.165) is 11.1 Å². The fraction of sp³-hybridized carbons (Fsp3) is 0.529. The molecule has 1 aliphatic rings. The Morgan fingerprint density at radius 2 is 1.95 bits per heavy atom. The number of ether oxygens (including phenoxy) is 1. The van der Waals surface area contributed by atoms with Gasteiger partial charge in [-0.25, -0.2) is 0 Å². The van der Waals surface area contributed by atoms with Crippen LogP contribution in [0.15, 0.2) is 18.2 Å². The van der Waals surface area contributed by atoms with Gasteiger partial charge in [0.2, 0.25) is 0 Å². The fourth-order valence-electron chi connectivity index (χ4n) is 2.89. The molecule has 4 heteroatoms. The third kappa shape index (κ3) is 3.85. The molecular weight excluding hydrogens is 288 g/mol. The summed E-state index contributed by atoms with van der Waals surface area (Å²) >= 11 is 6.18. The number of halogens is 1. The number of rotatable bonds is 4. The minimum Gasteiger partial charge on any atom is -0.465 e. The van der Waals surface area contributed by atoms with E-state index < -0.39 is 0 Å². The lowest BCUT2D eigenvalue weighted by atomic mass is 9.69. The van der Waals surface area contributed by atoms with Crippen molar-refractivity contribution < 1.29 is 14.3 Å². The van der Waals surface area contributed by atoms with E-state index in [4.69, 9.17) is 16.3 Å². The summed E-state index contributed by atoms with van der Waals surface area (Å²) < 4.78 is 5.41. The van der Waals surface area contributed by atoms with Crippen LogP contribution in [0.5, 0.6) is 0 Å². The van der Waals surface area contributed by atoms with Crippen LogP contribution < -0.4 is 0 Å². The summed E-state index contributed by atoms with van der Waals surface area (Å²) in [4.78, 5) is 23.1. The maximum Gasteiger partial charge on any atom is 0.305 e. The van der Waals surface area contributed by atoms with Crippen LogP contribution in [-0.2, 0) is 19.7 Å². The normalized spacial score (nSPS) is 17.6. The molecule has 0 heterocycles. The van der Waals surface area contributed by atoms with Gasteiger partial charge in [-0.05, 0) is 43.0 Å². The van der Waals surface area contributed by atoms with Crippen molar-refractivity contribution in [1.29, 1.82) is 0 Å². The lowest BCUT2D eigenvalue weighted by Gasteiger charge is -2.37. The molecule has 0 aliphatic heterocycles. The van der Waals surface area contributed by atoms with E-state index in [1.54, 1.807) is 6.92 Å². The zero-order valence-corrected chi connectivity index (χ0v) is 13.3. The Labute approximate surface area is 130 Å². The monoisotopic (exact) mass is 308 g/mol. The summed E-state index contributed by atoms with van der Waals surface area (Å²) in [5.41, 5.74) is 1.87. The van der Waals surface area contributed by atoms with Crippen LogP contribution in [0.2, 0.25) is 5.02 Å². The summed E-state index contributed by atoms with van der Waals surface area (Å²) in [5.74, 6) is 0.0798. The van der Waals surface area contributed by atoms with Gasteiger partial charge in [-0.2, -0.15) is 0 Å². The van der Waals surface area contributed by atoms with Crippen molar-refractivity contribution in [3.63, 3.8) is 0 Å². The maximum absolute atomic E-state index is 11.6. The molecule has 3 nitrogen and oxygen atoms in total. The molecule has 1 aromatic carbocycles. The number of ketones is 1. The van der Waals surface area contributed by atoms with Crippen LogP contribution >= 0.6 is 11.6 Å². The SMILES string of the molecule is CCC(=O)OCC1(c2cc(C)cc(Cl)c2)CCC(=O)CC1. The largest absolute Gasteiger partial charge is 0.465 e. The van der Waals surface area contributed by atoms with Crippen molar-refractivity contribution in [1.82, 2.24) is 0 Å². The Balaban J connectivity index is 2.30. The summed E-state index contributed by atoms with van der Waals surface area (Å²) in [6.07, 6.45) is 2.86. The van der Waals surface area contributed by atoms with Crippen LogP contribution in [0, 0.1) is 6.92 Å². The van der Waals surface area contributed by atoms with Crippen molar-refractivity contribution in [2.24, 2.45) is 0 Å². The third-order valence-corrected chi connectivity index (χ3v) is 4.44. The molecule has 0 atom stereocenters. The van der Waals surface area contributed by atoms with Crippen molar-refractivity contribution in [3.05, 3.63) is 34.3 Å².